The number of hydrogen-bond acceptors (Lipinski definition) is 5. The molecule has 1 aliphatic carbocycles. The molecule has 8 heteroatoms. The minimum absolute atomic E-state index is 0.00849. The fraction of sp³-hybridized carbons (Fsp3) is 0.581. The molecule has 0 amide bonds. The van der Waals surface area contributed by atoms with E-state index in [9.17, 15) is 4.79 Å². The van der Waals surface area contributed by atoms with Crippen LogP contribution in [0, 0.1) is 11.8 Å². The quantitative estimate of drug-likeness (QED) is 0.275. The molecular weight excluding hydrogens is 488 g/mol. The predicted octanol–water partition coefficient (Wildman–Crippen LogP) is 6.27. The molecule has 1 N–H and O–H groups in total. The van der Waals surface area contributed by atoms with Gasteiger partial charge in [-0.1, -0.05) is 41.5 Å². The average molecular weight is 533 g/mol. The summed E-state index contributed by atoms with van der Waals surface area (Å²) < 4.78 is 9.40. The number of ether oxygens (including phenoxy) is 1. The van der Waals surface area contributed by atoms with Crippen LogP contribution in [0.2, 0.25) is 0 Å². The Morgan fingerprint density at radius 1 is 1.03 bits per heavy atom. The van der Waals surface area contributed by atoms with E-state index < -0.39 is 0 Å². The lowest BCUT2D eigenvalue weighted by molar-refractivity contribution is 0.111. The van der Waals surface area contributed by atoms with Gasteiger partial charge in [0.15, 0.2) is 11.4 Å². The summed E-state index contributed by atoms with van der Waals surface area (Å²) in [5, 5.41) is 4.34. The van der Waals surface area contributed by atoms with Crippen molar-refractivity contribution in [3.05, 3.63) is 46.8 Å². The van der Waals surface area contributed by atoms with Gasteiger partial charge in [0.2, 0.25) is 0 Å². The van der Waals surface area contributed by atoms with Gasteiger partial charge < -0.3 is 9.72 Å². The maximum absolute atomic E-state index is 13.4. The molecule has 0 atom stereocenters. The number of pyridine rings is 1. The van der Waals surface area contributed by atoms with Crippen molar-refractivity contribution in [3.8, 4) is 16.9 Å². The fourth-order valence-electron chi connectivity index (χ4n) is 6.46. The van der Waals surface area contributed by atoms with Crippen LogP contribution >= 0.6 is 0 Å². The fourth-order valence-corrected chi connectivity index (χ4v) is 6.46. The number of hydrogen-bond donors (Lipinski definition) is 1. The molecular formula is C31H44N6O2. The van der Waals surface area contributed by atoms with Gasteiger partial charge in [0.1, 0.15) is 6.33 Å². The monoisotopic (exact) mass is 532 g/mol. The van der Waals surface area contributed by atoms with Crippen molar-refractivity contribution in [1.29, 1.82) is 0 Å². The largest absolute Gasteiger partial charge is 0.493 e. The van der Waals surface area contributed by atoms with E-state index in [4.69, 9.17) is 4.74 Å². The Bertz CT molecular complexity index is 1480. The molecule has 8 nitrogen and oxygen atoms in total. The summed E-state index contributed by atoms with van der Waals surface area (Å²) in [5.74, 6) is 2.27. The number of methoxy groups -OCH3 is 1. The smallest absolute Gasteiger partial charge is 0.326 e. The summed E-state index contributed by atoms with van der Waals surface area (Å²) in [4.78, 5) is 23.6. The molecule has 5 rings (SSSR count). The van der Waals surface area contributed by atoms with Crippen LogP contribution in [0.5, 0.6) is 5.75 Å². The standard InChI is InChI=1S/C31H44N6O2/c1-19(2)15-35(16-20(3)4)23-8-10-24(11-9-23)37-28-14-25(21(5)6)26(13-27(28)34-31(37)38)22-12-29(39-7)30-32-18-33-36(30)17-22/h12-14,17-21,23-24H,8-11,15-16H2,1-7H3,(H,34,38). The maximum atomic E-state index is 13.4. The number of fused-ring (bicyclic) bond motifs is 2. The van der Waals surface area contributed by atoms with Gasteiger partial charge in [-0.15, -0.1) is 0 Å². The number of aromatic nitrogens is 5. The second-order valence-electron chi connectivity index (χ2n) is 12.4. The molecule has 0 unspecified atom stereocenters. The Balaban J connectivity index is 1.48. The molecule has 1 fully saturated rings. The lowest BCUT2D eigenvalue weighted by Gasteiger charge is -2.39. The summed E-state index contributed by atoms with van der Waals surface area (Å²) in [6, 6.07) is 7.18. The van der Waals surface area contributed by atoms with Crippen LogP contribution in [0.3, 0.4) is 0 Å². The van der Waals surface area contributed by atoms with E-state index in [1.165, 1.54) is 11.9 Å². The van der Waals surface area contributed by atoms with Crippen LogP contribution in [0.4, 0.5) is 0 Å². The maximum Gasteiger partial charge on any atom is 0.326 e. The average Bonchev–Trinajstić information content (AvgIpc) is 3.49. The van der Waals surface area contributed by atoms with Gasteiger partial charge in [-0.2, -0.15) is 5.10 Å². The normalized spacial score (nSPS) is 18.4. The Labute approximate surface area is 231 Å². The van der Waals surface area contributed by atoms with Gasteiger partial charge in [0.25, 0.3) is 0 Å². The molecule has 0 radical (unpaired) electrons. The number of H-pyrrole nitrogens is 1. The zero-order chi connectivity index (χ0) is 27.8. The summed E-state index contributed by atoms with van der Waals surface area (Å²) in [5.41, 5.74) is 5.81. The zero-order valence-electron chi connectivity index (χ0n) is 24.6. The van der Waals surface area contributed by atoms with E-state index in [1.54, 1.807) is 11.6 Å². The van der Waals surface area contributed by atoms with Crippen molar-refractivity contribution in [1.82, 2.24) is 29.0 Å². The van der Waals surface area contributed by atoms with Crippen LogP contribution in [0.1, 0.15) is 84.7 Å². The first kappa shape index (κ1) is 27.4. The lowest BCUT2D eigenvalue weighted by Crippen LogP contribution is -2.43. The molecule has 210 valence electrons. The van der Waals surface area contributed by atoms with Gasteiger partial charge in [-0.25, -0.2) is 14.3 Å². The number of nitrogens with one attached hydrogen (secondary N) is 1. The second-order valence-corrected chi connectivity index (χ2v) is 12.4. The van der Waals surface area contributed by atoms with E-state index in [-0.39, 0.29) is 17.6 Å². The Morgan fingerprint density at radius 2 is 1.72 bits per heavy atom. The number of aromatic amines is 1. The van der Waals surface area contributed by atoms with E-state index >= 15 is 0 Å². The lowest BCUT2D eigenvalue weighted by atomic mass is 9.88. The topological polar surface area (TPSA) is 80.5 Å². The highest BCUT2D eigenvalue weighted by atomic mass is 16.5. The number of benzene rings is 1. The van der Waals surface area contributed by atoms with Gasteiger partial charge >= 0.3 is 5.69 Å². The van der Waals surface area contributed by atoms with Crippen molar-refractivity contribution in [2.45, 2.75) is 85.2 Å². The highest BCUT2D eigenvalue weighted by molar-refractivity contribution is 5.85. The highest BCUT2D eigenvalue weighted by Crippen LogP contribution is 2.37. The van der Waals surface area contributed by atoms with Crippen molar-refractivity contribution in [2.75, 3.05) is 20.2 Å². The third kappa shape index (κ3) is 5.49. The SMILES string of the molecule is COc1cc(-c2cc3[nH]c(=O)n(C4CCC(N(CC(C)C)CC(C)C)CC4)c3cc2C(C)C)cn2ncnc12. The van der Waals surface area contributed by atoms with E-state index in [1.807, 2.05) is 16.8 Å². The molecule has 0 aliphatic heterocycles. The van der Waals surface area contributed by atoms with Crippen molar-refractivity contribution in [3.63, 3.8) is 0 Å². The molecule has 0 bridgehead atoms. The first-order valence-corrected chi connectivity index (χ1v) is 14.6. The summed E-state index contributed by atoms with van der Waals surface area (Å²) >= 11 is 0. The molecule has 1 aliphatic rings. The van der Waals surface area contributed by atoms with Crippen molar-refractivity contribution >= 4 is 16.7 Å². The van der Waals surface area contributed by atoms with Gasteiger partial charge in [0, 0.05) is 36.9 Å². The molecule has 0 saturated heterocycles. The summed E-state index contributed by atoms with van der Waals surface area (Å²) in [7, 11) is 1.65. The Kier molecular flexibility index (Phi) is 7.85. The van der Waals surface area contributed by atoms with E-state index in [2.05, 4.69) is 73.6 Å². The van der Waals surface area contributed by atoms with E-state index in [0.29, 0.717) is 29.3 Å². The molecule has 1 saturated carbocycles. The molecule has 3 heterocycles. The van der Waals surface area contributed by atoms with Gasteiger partial charge in [-0.3, -0.25) is 9.47 Å². The van der Waals surface area contributed by atoms with Gasteiger partial charge in [0.05, 0.1) is 18.1 Å². The predicted molar refractivity (Wildman–Crippen MR) is 158 cm³/mol. The second kappa shape index (κ2) is 11.2. The van der Waals surface area contributed by atoms with Crippen molar-refractivity contribution in [2.24, 2.45) is 11.8 Å². The van der Waals surface area contributed by atoms with Gasteiger partial charge in [-0.05, 0) is 72.8 Å². The first-order chi connectivity index (χ1) is 18.7. The molecule has 4 aromatic rings. The third-order valence-corrected chi connectivity index (χ3v) is 8.13. The minimum atomic E-state index is -0.00849. The molecule has 0 spiro atoms. The highest BCUT2D eigenvalue weighted by Gasteiger charge is 2.29. The van der Waals surface area contributed by atoms with Crippen LogP contribution in [-0.2, 0) is 0 Å². The number of rotatable bonds is 9. The minimum Gasteiger partial charge on any atom is -0.493 e. The number of imidazole rings is 1. The third-order valence-electron chi connectivity index (χ3n) is 8.13. The van der Waals surface area contributed by atoms with Crippen molar-refractivity contribution < 1.29 is 4.74 Å². The van der Waals surface area contributed by atoms with Crippen LogP contribution in [0.25, 0.3) is 27.8 Å². The Hall–Kier alpha value is -3.13. The van der Waals surface area contributed by atoms with Crippen LogP contribution in [0.15, 0.2) is 35.5 Å². The summed E-state index contributed by atoms with van der Waals surface area (Å²) in [6.45, 7) is 15.9. The van der Waals surface area contributed by atoms with Crippen LogP contribution < -0.4 is 10.4 Å². The van der Waals surface area contributed by atoms with E-state index in [0.717, 1.165) is 60.9 Å². The molecule has 3 aromatic heterocycles. The Morgan fingerprint density at radius 3 is 2.33 bits per heavy atom. The first-order valence-electron chi connectivity index (χ1n) is 14.6. The molecule has 39 heavy (non-hydrogen) atoms. The summed E-state index contributed by atoms with van der Waals surface area (Å²) in [6.07, 6.45) is 7.85. The van der Waals surface area contributed by atoms with Crippen LogP contribution in [-0.4, -0.2) is 55.3 Å². The number of nitrogens with zero attached hydrogens (tertiary/aromatic N) is 5. The zero-order valence-corrected chi connectivity index (χ0v) is 24.6. The molecule has 1 aromatic carbocycles.